The summed E-state index contributed by atoms with van der Waals surface area (Å²) in [6.45, 7) is 11.4. The van der Waals surface area contributed by atoms with Gasteiger partial charge in [-0.2, -0.15) is 0 Å². The molecule has 5 heteroatoms. The standard InChI is InChI=1S/C18H28N2O3/c1-13-10-14(20-6-8-23-9-7-20)11-15(22-5)17(13)19-16(21)12-18(2,3)4/h10-11H,6-9,12H2,1-5H3,(H,19,21). The predicted octanol–water partition coefficient (Wildman–Crippen LogP) is 3.21. The third-order valence-corrected chi connectivity index (χ3v) is 3.84. The lowest BCUT2D eigenvalue weighted by Gasteiger charge is -2.30. The van der Waals surface area contributed by atoms with E-state index in [2.05, 4.69) is 37.1 Å². The van der Waals surface area contributed by atoms with Crippen molar-refractivity contribution >= 4 is 17.3 Å². The molecule has 5 nitrogen and oxygen atoms in total. The zero-order chi connectivity index (χ0) is 17.0. The van der Waals surface area contributed by atoms with E-state index in [9.17, 15) is 4.79 Å². The summed E-state index contributed by atoms with van der Waals surface area (Å²) in [6, 6.07) is 4.09. The Balaban J connectivity index is 2.21. The number of nitrogens with one attached hydrogen (secondary N) is 1. The molecule has 0 bridgehead atoms. The summed E-state index contributed by atoms with van der Waals surface area (Å²) in [5.74, 6) is 0.715. The fourth-order valence-electron chi connectivity index (χ4n) is 2.73. The van der Waals surface area contributed by atoms with Gasteiger partial charge in [0.25, 0.3) is 0 Å². The normalized spacial score (nSPS) is 15.4. The topological polar surface area (TPSA) is 50.8 Å². The number of methoxy groups -OCH3 is 1. The van der Waals surface area contributed by atoms with Crippen molar-refractivity contribution in [2.24, 2.45) is 5.41 Å². The van der Waals surface area contributed by atoms with Crippen LogP contribution < -0.4 is 15.0 Å². The number of hydrogen-bond donors (Lipinski definition) is 1. The van der Waals surface area contributed by atoms with Crippen LogP contribution in [0.2, 0.25) is 0 Å². The van der Waals surface area contributed by atoms with E-state index in [1.54, 1.807) is 7.11 Å². The van der Waals surface area contributed by atoms with Crippen LogP contribution in [0.5, 0.6) is 5.75 Å². The largest absolute Gasteiger partial charge is 0.494 e. The molecule has 1 saturated heterocycles. The Labute approximate surface area is 139 Å². The number of carbonyl (C=O) groups is 1. The molecule has 0 radical (unpaired) electrons. The van der Waals surface area contributed by atoms with Crippen molar-refractivity contribution in [1.82, 2.24) is 0 Å². The Bertz CT molecular complexity index is 558. The van der Waals surface area contributed by atoms with Gasteiger partial charge in [0.15, 0.2) is 0 Å². The molecule has 1 N–H and O–H groups in total. The molecule has 0 saturated carbocycles. The van der Waals surface area contributed by atoms with Crippen molar-refractivity contribution in [2.45, 2.75) is 34.1 Å². The number of benzene rings is 1. The Kier molecular flexibility index (Phi) is 5.52. The van der Waals surface area contributed by atoms with Crippen molar-refractivity contribution in [3.63, 3.8) is 0 Å². The van der Waals surface area contributed by atoms with E-state index in [1.807, 2.05) is 13.0 Å². The Morgan fingerprint density at radius 2 is 1.96 bits per heavy atom. The summed E-state index contributed by atoms with van der Waals surface area (Å²) in [4.78, 5) is 14.5. The molecule has 2 rings (SSSR count). The smallest absolute Gasteiger partial charge is 0.225 e. The Morgan fingerprint density at radius 3 is 2.52 bits per heavy atom. The zero-order valence-electron chi connectivity index (χ0n) is 14.9. The maximum Gasteiger partial charge on any atom is 0.225 e. The number of hydrogen-bond acceptors (Lipinski definition) is 4. The second-order valence-electron chi connectivity index (χ2n) is 7.22. The van der Waals surface area contributed by atoms with Gasteiger partial charge in [-0.05, 0) is 24.0 Å². The molecule has 1 amide bonds. The number of aryl methyl sites for hydroxylation is 1. The molecule has 1 aromatic carbocycles. The highest BCUT2D eigenvalue weighted by molar-refractivity contribution is 5.94. The van der Waals surface area contributed by atoms with Gasteiger partial charge in [-0.25, -0.2) is 0 Å². The highest BCUT2D eigenvalue weighted by Gasteiger charge is 2.20. The minimum absolute atomic E-state index is 0.0121. The van der Waals surface area contributed by atoms with Gasteiger partial charge in [-0.3, -0.25) is 4.79 Å². The van der Waals surface area contributed by atoms with E-state index in [0.717, 1.165) is 43.2 Å². The maximum atomic E-state index is 12.2. The van der Waals surface area contributed by atoms with Crippen LogP contribution in [0.25, 0.3) is 0 Å². The number of ether oxygens (including phenoxy) is 2. The molecule has 0 aliphatic carbocycles. The molecular weight excluding hydrogens is 292 g/mol. The number of anilines is 2. The predicted molar refractivity (Wildman–Crippen MR) is 93.5 cm³/mol. The SMILES string of the molecule is COc1cc(N2CCOCC2)cc(C)c1NC(=O)CC(C)(C)C. The van der Waals surface area contributed by atoms with Gasteiger partial charge in [-0.1, -0.05) is 20.8 Å². The van der Waals surface area contributed by atoms with Crippen molar-refractivity contribution in [2.75, 3.05) is 43.6 Å². The van der Waals surface area contributed by atoms with Gasteiger partial charge in [0.05, 0.1) is 26.0 Å². The van der Waals surface area contributed by atoms with Crippen LogP contribution in [0.4, 0.5) is 11.4 Å². The summed E-state index contributed by atoms with van der Waals surface area (Å²) in [6.07, 6.45) is 0.473. The first-order valence-electron chi connectivity index (χ1n) is 8.11. The monoisotopic (exact) mass is 320 g/mol. The molecule has 128 valence electrons. The van der Waals surface area contributed by atoms with Crippen molar-refractivity contribution in [1.29, 1.82) is 0 Å². The quantitative estimate of drug-likeness (QED) is 0.925. The first-order valence-corrected chi connectivity index (χ1v) is 8.11. The van der Waals surface area contributed by atoms with E-state index in [-0.39, 0.29) is 11.3 Å². The molecule has 23 heavy (non-hydrogen) atoms. The molecule has 0 spiro atoms. The molecule has 1 fully saturated rings. The van der Waals surface area contributed by atoms with Crippen molar-refractivity contribution < 1.29 is 14.3 Å². The Morgan fingerprint density at radius 1 is 1.30 bits per heavy atom. The van der Waals surface area contributed by atoms with Crippen molar-refractivity contribution in [3.05, 3.63) is 17.7 Å². The average molecular weight is 320 g/mol. The van der Waals surface area contributed by atoms with E-state index in [4.69, 9.17) is 9.47 Å². The van der Waals surface area contributed by atoms with Gasteiger partial charge in [0, 0.05) is 31.3 Å². The highest BCUT2D eigenvalue weighted by Crippen LogP contribution is 2.34. The van der Waals surface area contributed by atoms with Crippen LogP contribution in [0.1, 0.15) is 32.8 Å². The van der Waals surface area contributed by atoms with E-state index in [0.29, 0.717) is 12.2 Å². The van der Waals surface area contributed by atoms with Gasteiger partial charge in [-0.15, -0.1) is 0 Å². The molecular formula is C18H28N2O3. The zero-order valence-corrected chi connectivity index (χ0v) is 14.9. The molecule has 1 heterocycles. The van der Waals surface area contributed by atoms with Crippen LogP contribution in [0.15, 0.2) is 12.1 Å². The molecule has 1 aliphatic heterocycles. The summed E-state index contributed by atoms with van der Waals surface area (Å²) in [5, 5.41) is 3.01. The van der Waals surface area contributed by atoms with Crippen LogP contribution >= 0.6 is 0 Å². The molecule has 1 aliphatic rings. The lowest BCUT2D eigenvalue weighted by molar-refractivity contribution is -0.117. The van der Waals surface area contributed by atoms with Gasteiger partial charge >= 0.3 is 0 Å². The second kappa shape index (κ2) is 7.21. The first-order chi connectivity index (χ1) is 10.8. The third kappa shape index (κ3) is 4.86. The number of nitrogens with zero attached hydrogens (tertiary/aromatic N) is 1. The average Bonchev–Trinajstić information content (AvgIpc) is 2.48. The van der Waals surface area contributed by atoms with Crippen LogP contribution in [-0.2, 0) is 9.53 Å². The molecule has 0 aromatic heterocycles. The van der Waals surface area contributed by atoms with Crippen LogP contribution in [0.3, 0.4) is 0 Å². The molecule has 0 atom stereocenters. The third-order valence-electron chi connectivity index (χ3n) is 3.84. The summed E-state index contributed by atoms with van der Waals surface area (Å²) >= 11 is 0. The minimum Gasteiger partial charge on any atom is -0.494 e. The van der Waals surface area contributed by atoms with Crippen molar-refractivity contribution in [3.8, 4) is 5.75 Å². The highest BCUT2D eigenvalue weighted by atomic mass is 16.5. The number of amides is 1. The first kappa shape index (κ1) is 17.6. The Hall–Kier alpha value is -1.75. The summed E-state index contributed by atoms with van der Waals surface area (Å²) in [5.41, 5.74) is 2.84. The van der Waals surface area contributed by atoms with E-state index >= 15 is 0 Å². The lowest BCUT2D eigenvalue weighted by Crippen LogP contribution is -2.36. The second-order valence-corrected chi connectivity index (χ2v) is 7.22. The molecule has 1 aromatic rings. The van der Waals surface area contributed by atoms with E-state index in [1.165, 1.54) is 0 Å². The van der Waals surface area contributed by atoms with Gasteiger partial charge < -0.3 is 19.7 Å². The van der Waals surface area contributed by atoms with E-state index < -0.39 is 0 Å². The molecule has 0 unspecified atom stereocenters. The lowest BCUT2D eigenvalue weighted by atomic mass is 9.92. The van der Waals surface area contributed by atoms with Crippen LogP contribution in [0, 0.1) is 12.3 Å². The van der Waals surface area contributed by atoms with Gasteiger partial charge in [0.2, 0.25) is 5.91 Å². The van der Waals surface area contributed by atoms with Gasteiger partial charge in [0.1, 0.15) is 5.75 Å². The van der Waals surface area contributed by atoms with Crippen LogP contribution in [-0.4, -0.2) is 39.3 Å². The minimum atomic E-state index is -0.0427. The fraction of sp³-hybridized carbons (Fsp3) is 0.611. The number of rotatable bonds is 4. The number of morpholine rings is 1. The summed E-state index contributed by atoms with van der Waals surface area (Å²) in [7, 11) is 1.64. The number of carbonyl (C=O) groups excluding carboxylic acids is 1. The fourth-order valence-corrected chi connectivity index (χ4v) is 2.73. The maximum absolute atomic E-state index is 12.2. The summed E-state index contributed by atoms with van der Waals surface area (Å²) < 4.78 is 10.9.